The Balaban J connectivity index is 1.83. The molecule has 5 heteroatoms. The van der Waals surface area contributed by atoms with Gasteiger partial charge in [0, 0.05) is 19.1 Å². The number of methoxy groups -OCH3 is 1. The van der Waals surface area contributed by atoms with Crippen molar-refractivity contribution in [3.05, 3.63) is 57.5 Å². The molecule has 0 amide bonds. The van der Waals surface area contributed by atoms with Gasteiger partial charge in [0.15, 0.2) is 6.79 Å². The van der Waals surface area contributed by atoms with Gasteiger partial charge in [-0.2, -0.15) is 0 Å². The molecule has 1 aliphatic heterocycles. The summed E-state index contributed by atoms with van der Waals surface area (Å²) in [6.07, 6.45) is 11.3. The van der Waals surface area contributed by atoms with E-state index in [1.807, 2.05) is 20.8 Å². The summed E-state index contributed by atoms with van der Waals surface area (Å²) in [6.45, 7) is 6.18. The van der Waals surface area contributed by atoms with Crippen LogP contribution in [0, 0.1) is 26.7 Å². The van der Waals surface area contributed by atoms with Crippen LogP contribution < -0.4 is 5.32 Å². The predicted octanol–water partition coefficient (Wildman–Crippen LogP) is 4.79. The number of aryl methyl sites for hydroxylation is 1. The van der Waals surface area contributed by atoms with Crippen LogP contribution in [0.5, 0.6) is 0 Å². The first kappa shape index (κ1) is 21.4. The number of allylic oxidation sites excluding steroid dienone is 2. The molecule has 1 aliphatic carbocycles. The van der Waals surface area contributed by atoms with Crippen molar-refractivity contribution in [2.45, 2.75) is 65.3 Å². The average molecular weight is 400 g/mol. The van der Waals surface area contributed by atoms with Gasteiger partial charge in [0.05, 0.1) is 11.3 Å². The van der Waals surface area contributed by atoms with Crippen molar-refractivity contribution < 1.29 is 19.4 Å². The maximum Gasteiger partial charge on any atom is 0.335 e. The number of carbonyl (C=O) groups is 1. The Labute approximate surface area is 173 Å². The Kier molecular flexibility index (Phi) is 7.01. The highest BCUT2D eigenvalue weighted by molar-refractivity contribution is 5.90. The molecular formula is C24H33NO4. The number of hydrogen-bond acceptors (Lipinski definition) is 4. The molecule has 0 aromatic heterocycles. The van der Waals surface area contributed by atoms with Gasteiger partial charge >= 0.3 is 5.97 Å². The van der Waals surface area contributed by atoms with Crippen LogP contribution in [0.1, 0.15) is 64.7 Å². The largest absolute Gasteiger partial charge is 0.478 e. The van der Waals surface area contributed by atoms with Crippen LogP contribution in [0.4, 0.5) is 0 Å². The van der Waals surface area contributed by atoms with E-state index in [-0.39, 0.29) is 12.8 Å². The fraction of sp³-hybridized carbons (Fsp3) is 0.542. The lowest BCUT2D eigenvalue weighted by molar-refractivity contribution is 0.00682. The maximum absolute atomic E-state index is 11.5. The van der Waals surface area contributed by atoms with Gasteiger partial charge in [-0.3, -0.25) is 0 Å². The number of nitrogens with one attached hydrogen (secondary N) is 1. The number of carboxylic acids is 1. The lowest BCUT2D eigenvalue weighted by Gasteiger charge is -2.32. The third-order valence-corrected chi connectivity index (χ3v) is 6.34. The molecule has 1 atom stereocenters. The first-order valence-electron chi connectivity index (χ1n) is 10.6. The number of rotatable bonds is 7. The van der Waals surface area contributed by atoms with Gasteiger partial charge in [0.1, 0.15) is 5.76 Å². The fourth-order valence-electron chi connectivity index (χ4n) is 4.58. The van der Waals surface area contributed by atoms with Crippen LogP contribution in [0.2, 0.25) is 0 Å². The van der Waals surface area contributed by atoms with E-state index in [2.05, 4.69) is 17.5 Å². The van der Waals surface area contributed by atoms with Gasteiger partial charge < -0.3 is 19.9 Å². The molecule has 0 spiro atoms. The molecule has 2 N–H and O–H groups in total. The number of benzene rings is 1. The summed E-state index contributed by atoms with van der Waals surface area (Å²) in [5.41, 5.74) is 5.77. The maximum atomic E-state index is 11.5. The SMILES string of the molecule is COCOC1=C(C2CCCCC2)N[C@@H](Cc2c(C)cc(C(=O)O)c(C)c2C)C=C1. The highest BCUT2D eigenvalue weighted by Crippen LogP contribution is 2.33. The standard InChI is InChI=1S/C24H33NO4/c1-15-12-21(24(26)27)17(3)16(2)20(15)13-19-10-11-22(29-14-28-4)23(25-19)18-8-6-5-7-9-18/h10-12,18-19,25H,5-9,13-14H2,1-4H3,(H,26,27)/t19-/m1/s1. The zero-order valence-electron chi connectivity index (χ0n) is 18.0. The Morgan fingerprint density at radius 3 is 2.55 bits per heavy atom. The van der Waals surface area contributed by atoms with Crippen molar-refractivity contribution in [3.63, 3.8) is 0 Å². The van der Waals surface area contributed by atoms with Gasteiger partial charge in [-0.1, -0.05) is 25.3 Å². The van der Waals surface area contributed by atoms with Crippen molar-refractivity contribution in [1.29, 1.82) is 0 Å². The zero-order chi connectivity index (χ0) is 21.0. The summed E-state index contributed by atoms with van der Waals surface area (Å²) in [5, 5.41) is 13.2. The molecule has 0 radical (unpaired) electrons. The molecule has 1 heterocycles. The predicted molar refractivity (Wildman–Crippen MR) is 114 cm³/mol. The molecule has 0 bridgehead atoms. The Hall–Kier alpha value is -2.27. The first-order chi connectivity index (χ1) is 13.9. The average Bonchev–Trinajstić information content (AvgIpc) is 2.73. The van der Waals surface area contributed by atoms with Crippen LogP contribution >= 0.6 is 0 Å². The van der Waals surface area contributed by atoms with Crippen molar-refractivity contribution in [2.24, 2.45) is 5.92 Å². The summed E-state index contributed by atoms with van der Waals surface area (Å²) in [6, 6.07) is 1.96. The Morgan fingerprint density at radius 1 is 1.17 bits per heavy atom. The fourth-order valence-corrected chi connectivity index (χ4v) is 4.58. The van der Waals surface area contributed by atoms with E-state index in [1.54, 1.807) is 13.2 Å². The first-order valence-corrected chi connectivity index (χ1v) is 10.6. The summed E-state index contributed by atoms with van der Waals surface area (Å²) < 4.78 is 11.0. The summed E-state index contributed by atoms with van der Waals surface area (Å²) in [5.74, 6) is 0.528. The number of ether oxygens (including phenoxy) is 2. The van der Waals surface area contributed by atoms with E-state index in [4.69, 9.17) is 9.47 Å². The minimum absolute atomic E-state index is 0.161. The highest BCUT2D eigenvalue weighted by atomic mass is 16.7. The van der Waals surface area contributed by atoms with E-state index in [0.717, 1.165) is 28.9 Å². The zero-order valence-corrected chi connectivity index (χ0v) is 18.0. The summed E-state index contributed by atoms with van der Waals surface area (Å²) >= 11 is 0. The van der Waals surface area contributed by atoms with Gasteiger partial charge in [-0.25, -0.2) is 4.79 Å². The summed E-state index contributed by atoms with van der Waals surface area (Å²) in [7, 11) is 1.64. The second-order valence-corrected chi connectivity index (χ2v) is 8.25. The van der Waals surface area contributed by atoms with Crippen LogP contribution in [0.3, 0.4) is 0 Å². The third-order valence-electron chi connectivity index (χ3n) is 6.34. The van der Waals surface area contributed by atoms with Crippen molar-refractivity contribution in [1.82, 2.24) is 5.32 Å². The minimum Gasteiger partial charge on any atom is -0.478 e. The molecular weight excluding hydrogens is 366 g/mol. The molecule has 3 rings (SSSR count). The number of hydrogen-bond donors (Lipinski definition) is 2. The third kappa shape index (κ3) is 4.84. The Bertz CT molecular complexity index is 819. The normalized spacial score (nSPS) is 19.9. The van der Waals surface area contributed by atoms with E-state index in [1.165, 1.54) is 43.4 Å². The molecule has 29 heavy (non-hydrogen) atoms. The molecule has 1 aromatic rings. The second-order valence-electron chi connectivity index (χ2n) is 8.25. The molecule has 1 fully saturated rings. The summed E-state index contributed by atoms with van der Waals surface area (Å²) in [4.78, 5) is 11.5. The second kappa shape index (κ2) is 9.49. The molecule has 1 aromatic carbocycles. The van der Waals surface area contributed by atoms with Crippen LogP contribution in [-0.2, 0) is 15.9 Å². The lowest BCUT2D eigenvalue weighted by atomic mass is 9.84. The van der Waals surface area contributed by atoms with Crippen LogP contribution in [-0.4, -0.2) is 31.0 Å². The number of dihydropyridines is 1. The topological polar surface area (TPSA) is 67.8 Å². The van der Waals surface area contributed by atoms with Gasteiger partial charge in [-0.15, -0.1) is 0 Å². The van der Waals surface area contributed by atoms with E-state index < -0.39 is 5.97 Å². The monoisotopic (exact) mass is 399 g/mol. The molecule has 0 unspecified atom stereocenters. The van der Waals surface area contributed by atoms with Crippen LogP contribution in [0.15, 0.2) is 29.7 Å². The van der Waals surface area contributed by atoms with Gasteiger partial charge in [0.2, 0.25) is 0 Å². The molecule has 5 nitrogen and oxygen atoms in total. The molecule has 0 saturated heterocycles. The lowest BCUT2D eigenvalue weighted by Crippen LogP contribution is -2.36. The molecule has 158 valence electrons. The highest BCUT2D eigenvalue weighted by Gasteiger charge is 2.26. The molecule has 1 saturated carbocycles. The quantitative estimate of drug-likeness (QED) is 0.645. The van der Waals surface area contributed by atoms with Crippen molar-refractivity contribution in [3.8, 4) is 0 Å². The minimum atomic E-state index is -0.863. The Morgan fingerprint density at radius 2 is 1.90 bits per heavy atom. The van der Waals surface area contributed by atoms with E-state index >= 15 is 0 Å². The number of carboxylic acid groups (broad SMARTS) is 1. The van der Waals surface area contributed by atoms with Gasteiger partial charge in [0.25, 0.3) is 0 Å². The van der Waals surface area contributed by atoms with E-state index in [0.29, 0.717) is 11.5 Å². The van der Waals surface area contributed by atoms with Crippen molar-refractivity contribution in [2.75, 3.05) is 13.9 Å². The molecule has 2 aliphatic rings. The van der Waals surface area contributed by atoms with Crippen molar-refractivity contribution >= 4 is 5.97 Å². The van der Waals surface area contributed by atoms with E-state index in [9.17, 15) is 9.90 Å². The van der Waals surface area contributed by atoms with Crippen LogP contribution in [0.25, 0.3) is 0 Å². The number of aromatic carboxylic acids is 1. The van der Waals surface area contributed by atoms with Gasteiger partial charge in [-0.05, 0) is 74.4 Å². The smallest absolute Gasteiger partial charge is 0.335 e.